The highest BCUT2D eigenvalue weighted by Gasteiger charge is 2.34. The lowest BCUT2D eigenvalue weighted by Crippen LogP contribution is -2.39. The van der Waals surface area contributed by atoms with Gasteiger partial charge in [-0.25, -0.2) is 0 Å². The molecule has 0 saturated carbocycles. The summed E-state index contributed by atoms with van der Waals surface area (Å²) < 4.78 is 5.89. The molecule has 0 radical (unpaired) electrons. The van der Waals surface area contributed by atoms with Crippen molar-refractivity contribution in [2.24, 2.45) is 0 Å². The second-order valence-electron chi connectivity index (χ2n) is 5.44. The van der Waals surface area contributed by atoms with E-state index < -0.39 is 11.9 Å². The summed E-state index contributed by atoms with van der Waals surface area (Å²) in [6, 6.07) is 9.35. The molecule has 2 N–H and O–H groups in total. The van der Waals surface area contributed by atoms with Gasteiger partial charge in [-0.2, -0.15) is 0 Å². The number of nitrogens with one attached hydrogen (secondary N) is 1. The molecule has 1 unspecified atom stereocenters. The lowest BCUT2D eigenvalue weighted by molar-refractivity contribution is -0.223. The first kappa shape index (κ1) is 15.6. The number of allylic oxidation sites excluding steroid dienone is 2. The van der Waals surface area contributed by atoms with Gasteiger partial charge < -0.3 is 20.2 Å². The summed E-state index contributed by atoms with van der Waals surface area (Å²) in [6.07, 6.45) is 7.01. The van der Waals surface area contributed by atoms with Gasteiger partial charge >= 0.3 is 0 Å². The third-order valence-corrected chi connectivity index (χ3v) is 3.42. The van der Waals surface area contributed by atoms with Gasteiger partial charge in [-0.1, -0.05) is 42.5 Å². The Labute approximate surface area is 125 Å². The molecule has 1 aromatic rings. The highest BCUT2D eigenvalue weighted by molar-refractivity contribution is 5.98. The van der Waals surface area contributed by atoms with E-state index in [1.54, 1.807) is 18.2 Å². The van der Waals surface area contributed by atoms with Crippen LogP contribution >= 0.6 is 0 Å². The molecule has 112 valence electrons. The first-order chi connectivity index (χ1) is 10.0. The average molecular weight is 286 g/mol. The molecule has 0 aromatic heterocycles. The minimum atomic E-state index is -1.40. The first-order valence-corrected chi connectivity index (χ1v) is 7.05. The van der Waals surface area contributed by atoms with Crippen molar-refractivity contribution < 1.29 is 9.84 Å². The summed E-state index contributed by atoms with van der Waals surface area (Å²) in [5.74, 6) is -1.40. The van der Waals surface area contributed by atoms with Gasteiger partial charge in [0.05, 0.1) is 5.71 Å². The Morgan fingerprint density at radius 1 is 1.24 bits per heavy atom. The number of ether oxygens (including phenoxy) is 1. The van der Waals surface area contributed by atoms with Crippen molar-refractivity contribution in [2.75, 3.05) is 20.6 Å². The quantitative estimate of drug-likeness (QED) is 0.789. The van der Waals surface area contributed by atoms with Crippen molar-refractivity contribution in [1.82, 2.24) is 4.90 Å². The summed E-state index contributed by atoms with van der Waals surface area (Å²) in [4.78, 5) is 2.00. The predicted molar refractivity (Wildman–Crippen MR) is 84.4 cm³/mol. The Hall–Kier alpha value is -1.75. The Morgan fingerprint density at radius 3 is 2.57 bits per heavy atom. The molecule has 2 atom stereocenters. The van der Waals surface area contributed by atoms with Crippen LogP contribution in [0, 0.1) is 5.41 Å². The van der Waals surface area contributed by atoms with Crippen LogP contribution in [0.25, 0.3) is 0 Å². The van der Waals surface area contributed by atoms with Crippen LogP contribution < -0.4 is 0 Å². The van der Waals surface area contributed by atoms with Crippen molar-refractivity contribution in [2.45, 2.75) is 18.3 Å². The number of nitrogens with zero attached hydrogens (tertiary/aromatic N) is 1. The second kappa shape index (κ2) is 6.80. The largest absolute Gasteiger partial charge is 0.362 e. The van der Waals surface area contributed by atoms with E-state index in [1.165, 1.54) is 0 Å². The maximum Gasteiger partial charge on any atom is 0.194 e. The van der Waals surface area contributed by atoms with Crippen LogP contribution in [0.4, 0.5) is 0 Å². The molecule has 0 spiro atoms. The van der Waals surface area contributed by atoms with E-state index in [9.17, 15) is 5.11 Å². The Morgan fingerprint density at radius 2 is 1.95 bits per heavy atom. The Kier molecular flexibility index (Phi) is 5.07. The van der Waals surface area contributed by atoms with Gasteiger partial charge in [0.1, 0.15) is 6.10 Å². The van der Waals surface area contributed by atoms with Crippen LogP contribution in [0.2, 0.25) is 0 Å². The maximum absolute atomic E-state index is 11.0. The van der Waals surface area contributed by atoms with E-state index in [0.29, 0.717) is 24.2 Å². The molecule has 1 aliphatic rings. The fraction of sp³-hybridized carbons (Fsp3) is 0.353. The van der Waals surface area contributed by atoms with Crippen LogP contribution in [0.15, 0.2) is 54.6 Å². The summed E-state index contributed by atoms with van der Waals surface area (Å²) in [7, 11) is 3.91. The molecule has 1 aromatic carbocycles. The molecule has 0 bridgehead atoms. The van der Waals surface area contributed by atoms with Gasteiger partial charge in [0.2, 0.25) is 0 Å². The Bertz CT molecular complexity index is 537. The van der Waals surface area contributed by atoms with Crippen LogP contribution in [0.3, 0.4) is 0 Å². The molecule has 0 aliphatic heterocycles. The topological polar surface area (TPSA) is 56.6 Å². The van der Waals surface area contributed by atoms with Crippen molar-refractivity contribution in [3.63, 3.8) is 0 Å². The fourth-order valence-electron chi connectivity index (χ4n) is 2.18. The monoisotopic (exact) mass is 286 g/mol. The van der Waals surface area contributed by atoms with Crippen LogP contribution in [0.5, 0.6) is 0 Å². The van der Waals surface area contributed by atoms with Gasteiger partial charge in [0.15, 0.2) is 5.79 Å². The lowest BCUT2D eigenvalue weighted by atomic mass is 10.0. The van der Waals surface area contributed by atoms with E-state index >= 15 is 0 Å². The molecule has 4 heteroatoms. The van der Waals surface area contributed by atoms with Crippen molar-refractivity contribution >= 4 is 5.71 Å². The lowest BCUT2D eigenvalue weighted by Gasteiger charge is -2.33. The summed E-state index contributed by atoms with van der Waals surface area (Å²) in [5, 5.41) is 18.9. The van der Waals surface area contributed by atoms with E-state index in [1.807, 2.05) is 55.4 Å². The SMILES string of the molecule is CN(C)CC[C@@](O)(OC1C=CC=CC1=N)c1ccccc1. The molecule has 21 heavy (non-hydrogen) atoms. The number of rotatable bonds is 6. The molecule has 1 aliphatic carbocycles. The molecule has 0 fully saturated rings. The van der Waals surface area contributed by atoms with E-state index in [2.05, 4.69) is 0 Å². The first-order valence-electron chi connectivity index (χ1n) is 7.05. The second-order valence-corrected chi connectivity index (χ2v) is 5.44. The minimum Gasteiger partial charge on any atom is -0.362 e. The molecule has 4 nitrogen and oxygen atoms in total. The van der Waals surface area contributed by atoms with Gasteiger partial charge in [-0.15, -0.1) is 0 Å². The molecular weight excluding hydrogens is 264 g/mol. The molecular formula is C17H22N2O2. The number of aliphatic hydroxyl groups is 1. The maximum atomic E-state index is 11.0. The average Bonchev–Trinajstić information content (AvgIpc) is 2.49. The zero-order valence-electron chi connectivity index (χ0n) is 12.5. The van der Waals surface area contributed by atoms with E-state index in [0.717, 1.165) is 0 Å². The van der Waals surface area contributed by atoms with E-state index in [4.69, 9.17) is 10.1 Å². The third kappa shape index (κ3) is 4.11. The minimum absolute atomic E-state index is 0.344. The highest BCUT2D eigenvalue weighted by Crippen LogP contribution is 2.29. The molecule has 0 amide bonds. The number of benzene rings is 1. The van der Waals surface area contributed by atoms with Gasteiger partial charge in [0.25, 0.3) is 0 Å². The predicted octanol–water partition coefficient (Wildman–Crippen LogP) is 2.31. The summed E-state index contributed by atoms with van der Waals surface area (Å²) >= 11 is 0. The van der Waals surface area contributed by atoms with Crippen molar-refractivity contribution in [1.29, 1.82) is 5.41 Å². The van der Waals surface area contributed by atoms with Gasteiger partial charge in [0, 0.05) is 18.5 Å². The molecule has 2 rings (SSSR count). The summed E-state index contributed by atoms with van der Waals surface area (Å²) in [6.45, 7) is 0.686. The van der Waals surface area contributed by atoms with Gasteiger partial charge in [-0.3, -0.25) is 0 Å². The highest BCUT2D eigenvalue weighted by atomic mass is 16.6. The Balaban J connectivity index is 2.21. The van der Waals surface area contributed by atoms with Gasteiger partial charge in [-0.05, 0) is 26.2 Å². The van der Waals surface area contributed by atoms with Crippen molar-refractivity contribution in [3.05, 3.63) is 60.2 Å². The van der Waals surface area contributed by atoms with Crippen LogP contribution in [-0.2, 0) is 10.5 Å². The molecule has 0 heterocycles. The fourth-order valence-corrected chi connectivity index (χ4v) is 2.18. The van der Waals surface area contributed by atoms with Crippen molar-refractivity contribution in [3.8, 4) is 0 Å². The third-order valence-electron chi connectivity index (χ3n) is 3.42. The van der Waals surface area contributed by atoms with E-state index in [-0.39, 0.29) is 0 Å². The standard InChI is InChI=1S/C17H22N2O2/c1-19(2)13-12-17(20,14-8-4-3-5-9-14)21-16-11-7-6-10-15(16)18/h3-11,16,18,20H,12-13H2,1-2H3/t16?,17-/m1/s1. The molecule has 0 saturated heterocycles. The zero-order valence-corrected chi connectivity index (χ0v) is 12.5. The van der Waals surface area contributed by atoms with Crippen LogP contribution in [-0.4, -0.2) is 42.5 Å². The summed E-state index contributed by atoms with van der Waals surface area (Å²) in [5.41, 5.74) is 1.05. The normalized spacial score (nSPS) is 20.8. The number of hydrogen-bond donors (Lipinski definition) is 2. The number of hydrogen-bond acceptors (Lipinski definition) is 4. The zero-order chi connectivity index (χ0) is 15.3. The van der Waals surface area contributed by atoms with Crippen LogP contribution in [0.1, 0.15) is 12.0 Å². The smallest absolute Gasteiger partial charge is 0.194 e.